The van der Waals surface area contributed by atoms with Gasteiger partial charge in [0.1, 0.15) is 0 Å². The number of aliphatic imine (C=N–C) groups is 1. The number of guanidine groups is 1. The number of methoxy groups -OCH3 is 2. The van der Waals surface area contributed by atoms with Crippen LogP contribution in [0.1, 0.15) is 18.9 Å². The molecule has 1 aliphatic heterocycles. The molecule has 0 bridgehead atoms. The lowest BCUT2D eigenvalue weighted by atomic mass is 10.2. The molecule has 0 atom stereocenters. The van der Waals surface area contributed by atoms with Gasteiger partial charge in [-0.05, 0) is 25.1 Å². The number of fused-ring (bicyclic) bond motifs is 1. The number of halogens is 1. The van der Waals surface area contributed by atoms with Crippen LogP contribution in [0.3, 0.4) is 0 Å². The number of hydrogen-bond donors (Lipinski definition) is 2. The van der Waals surface area contributed by atoms with Crippen LogP contribution in [0.25, 0.3) is 0 Å². The second-order valence-electron chi connectivity index (χ2n) is 6.18. The summed E-state index contributed by atoms with van der Waals surface area (Å²) in [6.07, 6.45) is 0.876. The van der Waals surface area contributed by atoms with E-state index >= 15 is 0 Å². The highest BCUT2D eigenvalue weighted by Crippen LogP contribution is 2.34. The first-order chi connectivity index (χ1) is 13.7. The zero-order valence-corrected chi connectivity index (χ0v) is 19.3. The van der Waals surface area contributed by atoms with Gasteiger partial charge in [0.15, 0.2) is 29.0 Å². The fourth-order valence-corrected chi connectivity index (χ4v) is 2.90. The Balaban J connectivity index is 0.00000300. The lowest BCUT2D eigenvalue weighted by Crippen LogP contribution is -2.30. The maximum Gasteiger partial charge on any atom is 0.196 e. The Kier molecular flexibility index (Phi) is 9.17. The minimum atomic E-state index is 0. The Morgan fingerprint density at radius 2 is 1.86 bits per heavy atom. The third-order valence-electron chi connectivity index (χ3n) is 4.25. The number of anilines is 1. The molecule has 7 nitrogen and oxygen atoms in total. The predicted molar refractivity (Wildman–Crippen MR) is 125 cm³/mol. The van der Waals surface area contributed by atoms with Gasteiger partial charge in [0.05, 0.1) is 34.0 Å². The maximum atomic E-state index is 5.88. The molecule has 0 aromatic heterocycles. The Bertz CT molecular complexity index is 830. The van der Waals surface area contributed by atoms with Crippen LogP contribution in [0, 0.1) is 0 Å². The molecule has 0 radical (unpaired) electrons. The molecular weight excluding hydrogens is 485 g/mol. The highest BCUT2D eigenvalue weighted by atomic mass is 127. The molecule has 0 saturated carbocycles. The van der Waals surface area contributed by atoms with Crippen LogP contribution in [0.5, 0.6) is 23.0 Å². The van der Waals surface area contributed by atoms with Crippen molar-refractivity contribution in [1.82, 2.24) is 5.32 Å². The second-order valence-corrected chi connectivity index (χ2v) is 6.18. The van der Waals surface area contributed by atoms with E-state index in [0.717, 1.165) is 35.7 Å². The van der Waals surface area contributed by atoms with Crippen LogP contribution < -0.4 is 29.6 Å². The molecule has 2 aromatic rings. The Morgan fingerprint density at radius 1 is 1.07 bits per heavy atom. The van der Waals surface area contributed by atoms with E-state index in [-0.39, 0.29) is 24.0 Å². The molecule has 2 N–H and O–H groups in total. The van der Waals surface area contributed by atoms with Crippen LogP contribution in [-0.2, 0) is 6.54 Å². The quantitative estimate of drug-likeness (QED) is 0.345. The first-order valence-corrected chi connectivity index (χ1v) is 9.40. The molecule has 0 unspecified atom stereocenters. The van der Waals surface area contributed by atoms with Crippen molar-refractivity contribution in [1.29, 1.82) is 0 Å². The van der Waals surface area contributed by atoms with Gasteiger partial charge in [-0.1, -0.05) is 12.1 Å². The van der Waals surface area contributed by atoms with Crippen molar-refractivity contribution in [3.05, 3.63) is 42.0 Å². The van der Waals surface area contributed by atoms with Crippen LogP contribution in [-0.4, -0.2) is 39.9 Å². The van der Waals surface area contributed by atoms with Gasteiger partial charge in [-0.3, -0.25) is 0 Å². The van der Waals surface area contributed by atoms with E-state index in [4.69, 9.17) is 23.9 Å². The number of rotatable bonds is 6. The van der Waals surface area contributed by atoms with Crippen molar-refractivity contribution < 1.29 is 18.9 Å². The molecule has 0 fully saturated rings. The minimum absolute atomic E-state index is 0. The van der Waals surface area contributed by atoms with Crippen molar-refractivity contribution in [3.8, 4) is 23.0 Å². The van der Waals surface area contributed by atoms with E-state index in [9.17, 15) is 0 Å². The van der Waals surface area contributed by atoms with Crippen LogP contribution >= 0.6 is 24.0 Å². The number of nitrogens with zero attached hydrogens (tertiary/aromatic N) is 1. The van der Waals surface area contributed by atoms with Gasteiger partial charge in [0.25, 0.3) is 0 Å². The van der Waals surface area contributed by atoms with E-state index in [0.29, 0.717) is 37.2 Å². The largest absolute Gasteiger partial charge is 0.493 e. The summed E-state index contributed by atoms with van der Waals surface area (Å²) in [7, 11) is 3.23. The first-order valence-electron chi connectivity index (χ1n) is 9.40. The van der Waals surface area contributed by atoms with E-state index in [1.165, 1.54) is 0 Å². The van der Waals surface area contributed by atoms with Gasteiger partial charge in [-0.2, -0.15) is 0 Å². The van der Waals surface area contributed by atoms with Gasteiger partial charge in [0.2, 0.25) is 0 Å². The second kappa shape index (κ2) is 11.6. The van der Waals surface area contributed by atoms with Crippen LogP contribution in [0.4, 0.5) is 5.69 Å². The average Bonchev–Trinajstić information content (AvgIpc) is 2.98. The zero-order valence-electron chi connectivity index (χ0n) is 17.0. The van der Waals surface area contributed by atoms with E-state index < -0.39 is 0 Å². The van der Waals surface area contributed by atoms with Crippen molar-refractivity contribution in [2.24, 2.45) is 4.99 Å². The lowest BCUT2D eigenvalue weighted by Gasteiger charge is -2.15. The number of nitrogens with one attached hydrogen (secondary N) is 2. The first kappa shape index (κ1) is 22.9. The summed E-state index contributed by atoms with van der Waals surface area (Å²) in [5.74, 6) is 3.57. The van der Waals surface area contributed by atoms with Crippen molar-refractivity contribution in [3.63, 3.8) is 0 Å². The summed E-state index contributed by atoms with van der Waals surface area (Å²) in [4.78, 5) is 4.70. The van der Waals surface area contributed by atoms with Crippen molar-refractivity contribution in [2.75, 3.05) is 39.3 Å². The molecule has 1 aliphatic rings. The summed E-state index contributed by atoms with van der Waals surface area (Å²) in [5.41, 5.74) is 1.84. The highest BCUT2D eigenvalue weighted by Gasteiger charge is 2.14. The normalized spacial score (nSPS) is 13.0. The number of para-hydroxylation sites is 1. The average molecular weight is 513 g/mol. The van der Waals surface area contributed by atoms with Crippen molar-refractivity contribution in [2.45, 2.75) is 19.9 Å². The summed E-state index contributed by atoms with van der Waals surface area (Å²) in [6.45, 7) is 4.55. The standard InChI is InChI=1S/C21H27N3O4.HI/c1-4-22-21(24-16-9-10-17(25-2)19(13-16)26-3)23-14-15-7-5-8-18-20(15)28-12-6-11-27-18;/h5,7-10,13H,4,6,11-12,14H2,1-3H3,(H2,22,23,24);1H. The molecule has 1 heterocycles. The van der Waals surface area contributed by atoms with E-state index in [2.05, 4.69) is 10.6 Å². The highest BCUT2D eigenvalue weighted by molar-refractivity contribution is 14.0. The van der Waals surface area contributed by atoms with Gasteiger partial charge < -0.3 is 29.6 Å². The monoisotopic (exact) mass is 513 g/mol. The van der Waals surface area contributed by atoms with Crippen LogP contribution in [0.2, 0.25) is 0 Å². The maximum absolute atomic E-state index is 5.88. The number of ether oxygens (including phenoxy) is 4. The zero-order chi connectivity index (χ0) is 19.8. The molecule has 158 valence electrons. The lowest BCUT2D eigenvalue weighted by molar-refractivity contribution is 0.296. The van der Waals surface area contributed by atoms with Gasteiger partial charge in [-0.15, -0.1) is 24.0 Å². The fraction of sp³-hybridized carbons (Fsp3) is 0.381. The van der Waals surface area contributed by atoms with Crippen molar-refractivity contribution >= 4 is 35.6 Å². The van der Waals surface area contributed by atoms with E-state index in [1.54, 1.807) is 14.2 Å². The molecule has 8 heteroatoms. The van der Waals surface area contributed by atoms with Gasteiger partial charge in [0, 0.05) is 30.3 Å². The number of benzene rings is 2. The fourth-order valence-electron chi connectivity index (χ4n) is 2.90. The molecule has 2 aromatic carbocycles. The number of hydrogen-bond acceptors (Lipinski definition) is 5. The topological polar surface area (TPSA) is 73.3 Å². The Labute approximate surface area is 188 Å². The SMILES string of the molecule is CCNC(=NCc1cccc2c1OCCCO2)Nc1ccc(OC)c(OC)c1.I. The molecule has 0 aliphatic carbocycles. The molecule has 0 spiro atoms. The molecular formula is C21H28IN3O4. The molecule has 3 rings (SSSR count). The molecule has 0 saturated heterocycles. The summed E-state index contributed by atoms with van der Waals surface area (Å²) in [5, 5.41) is 6.55. The molecule has 29 heavy (non-hydrogen) atoms. The third-order valence-corrected chi connectivity index (χ3v) is 4.25. The third kappa shape index (κ3) is 6.06. The Hall–Kier alpha value is -2.36. The summed E-state index contributed by atoms with van der Waals surface area (Å²) < 4.78 is 22.3. The summed E-state index contributed by atoms with van der Waals surface area (Å²) in [6, 6.07) is 11.6. The van der Waals surface area contributed by atoms with Gasteiger partial charge >= 0.3 is 0 Å². The summed E-state index contributed by atoms with van der Waals surface area (Å²) >= 11 is 0. The smallest absolute Gasteiger partial charge is 0.196 e. The minimum Gasteiger partial charge on any atom is -0.493 e. The molecule has 0 amide bonds. The van der Waals surface area contributed by atoms with E-state index in [1.807, 2.05) is 43.3 Å². The predicted octanol–water partition coefficient (Wildman–Crippen LogP) is 4.06. The Morgan fingerprint density at radius 3 is 2.62 bits per heavy atom. The van der Waals surface area contributed by atoms with Gasteiger partial charge in [-0.25, -0.2) is 4.99 Å². The van der Waals surface area contributed by atoms with Crippen LogP contribution in [0.15, 0.2) is 41.4 Å².